The van der Waals surface area contributed by atoms with Gasteiger partial charge in [0.25, 0.3) is 0 Å². The Morgan fingerprint density at radius 1 is 1.36 bits per heavy atom. The molecule has 1 fully saturated rings. The van der Waals surface area contributed by atoms with Gasteiger partial charge in [0.15, 0.2) is 0 Å². The third-order valence-corrected chi connectivity index (χ3v) is 4.21. The Morgan fingerprint density at radius 2 is 2.09 bits per heavy atom. The number of anilines is 1. The number of carboxylic acids is 1. The Bertz CT molecular complexity index is 523. The molecule has 2 rings (SSSR count). The summed E-state index contributed by atoms with van der Waals surface area (Å²) in [6.45, 7) is 3.42. The number of rotatable bonds is 6. The lowest BCUT2D eigenvalue weighted by atomic mass is 9.86. The Hall–Kier alpha value is -1.88. The molecule has 120 valence electrons. The number of carbonyl (C=O) groups is 2. The fourth-order valence-electron chi connectivity index (χ4n) is 2.74. The average molecular weight is 305 g/mol. The minimum absolute atomic E-state index is 0.0160. The first-order valence-electron chi connectivity index (χ1n) is 7.75. The van der Waals surface area contributed by atoms with Crippen molar-refractivity contribution < 1.29 is 19.4 Å². The van der Waals surface area contributed by atoms with E-state index in [4.69, 9.17) is 9.84 Å². The molecular formula is C17H23NO4. The predicted molar refractivity (Wildman–Crippen MR) is 83.7 cm³/mol. The van der Waals surface area contributed by atoms with Gasteiger partial charge < -0.3 is 15.2 Å². The van der Waals surface area contributed by atoms with Crippen molar-refractivity contribution in [3.8, 4) is 0 Å². The number of amides is 1. The van der Waals surface area contributed by atoms with Gasteiger partial charge in [0.2, 0.25) is 5.91 Å². The lowest BCUT2D eigenvalue weighted by Gasteiger charge is -2.27. The lowest BCUT2D eigenvalue weighted by molar-refractivity contribution is -0.137. The first-order chi connectivity index (χ1) is 10.6. The van der Waals surface area contributed by atoms with Gasteiger partial charge in [0.1, 0.15) is 0 Å². The van der Waals surface area contributed by atoms with Crippen LogP contribution in [0.1, 0.15) is 31.7 Å². The SMILES string of the molecule is CC(C(=O)Nc1cccc(CCC(=O)O)c1)C1CCOCC1. The van der Waals surface area contributed by atoms with Crippen molar-refractivity contribution in [3.63, 3.8) is 0 Å². The highest BCUT2D eigenvalue weighted by Crippen LogP contribution is 2.25. The average Bonchev–Trinajstić information content (AvgIpc) is 2.53. The van der Waals surface area contributed by atoms with Crippen LogP contribution < -0.4 is 5.32 Å². The van der Waals surface area contributed by atoms with E-state index in [9.17, 15) is 9.59 Å². The highest BCUT2D eigenvalue weighted by atomic mass is 16.5. The van der Waals surface area contributed by atoms with E-state index < -0.39 is 5.97 Å². The van der Waals surface area contributed by atoms with E-state index in [1.165, 1.54) is 0 Å². The third kappa shape index (κ3) is 4.84. The molecule has 5 heteroatoms. The molecule has 1 atom stereocenters. The second-order valence-corrected chi connectivity index (χ2v) is 5.82. The molecule has 0 radical (unpaired) electrons. The topological polar surface area (TPSA) is 75.6 Å². The number of aryl methyl sites for hydroxylation is 1. The molecule has 0 bridgehead atoms. The van der Waals surface area contributed by atoms with Gasteiger partial charge in [-0.2, -0.15) is 0 Å². The molecule has 1 aliphatic heterocycles. The minimum atomic E-state index is -0.817. The molecule has 5 nitrogen and oxygen atoms in total. The Balaban J connectivity index is 1.92. The molecule has 1 heterocycles. The molecule has 1 aromatic carbocycles. The number of carbonyl (C=O) groups excluding carboxylic acids is 1. The summed E-state index contributed by atoms with van der Waals surface area (Å²) >= 11 is 0. The predicted octanol–water partition coefficient (Wildman–Crippen LogP) is 2.71. The number of benzene rings is 1. The van der Waals surface area contributed by atoms with Gasteiger partial charge in [0, 0.05) is 31.2 Å². The van der Waals surface area contributed by atoms with Crippen LogP contribution in [0.4, 0.5) is 5.69 Å². The minimum Gasteiger partial charge on any atom is -0.481 e. The molecule has 0 spiro atoms. The van der Waals surface area contributed by atoms with Crippen molar-refractivity contribution in [1.29, 1.82) is 0 Å². The van der Waals surface area contributed by atoms with Crippen molar-refractivity contribution >= 4 is 17.6 Å². The van der Waals surface area contributed by atoms with Crippen molar-refractivity contribution in [2.45, 2.75) is 32.6 Å². The Kier molecular flexibility index (Phi) is 5.95. The van der Waals surface area contributed by atoms with Crippen LogP contribution in [0.25, 0.3) is 0 Å². The van der Waals surface area contributed by atoms with Gasteiger partial charge in [-0.15, -0.1) is 0 Å². The summed E-state index contributed by atoms with van der Waals surface area (Å²) in [6, 6.07) is 7.39. The van der Waals surface area contributed by atoms with E-state index in [2.05, 4.69) is 5.32 Å². The summed E-state index contributed by atoms with van der Waals surface area (Å²) in [7, 11) is 0. The number of ether oxygens (including phenoxy) is 1. The van der Waals surface area contributed by atoms with Crippen LogP contribution in [0.2, 0.25) is 0 Å². The van der Waals surface area contributed by atoms with E-state index in [0.717, 1.165) is 37.3 Å². The van der Waals surface area contributed by atoms with E-state index >= 15 is 0 Å². The second kappa shape index (κ2) is 7.94. The maximum atomic E-state index is 12.3. The van der Waals surface area contributed by atoms with Crippen molar-refractivity contribution in [2.75, 3.05) is 18.5 Å². The van der Waals surface area contributed by atoms with E-state index in [-0.39, 0.29) is 18.2 Å². The van der Waals surface area contributed by atoms with E-state index in [1.54, 1.807) is 0 Å². The second-order valence-electron chi connectivity index (χ2n) is 5.82. The van der Waals surface area contributed by atoms with Gasteiger partial charge in [0.05, 0.1) is 0 Å². The summed E-state index contributed by atoms with van der Waals surface area (Å²) in [5.74, 6) is -0.486. The van der Waals surface area contributed by atoms with Gasteiger partial charge in [-0.25, -0.2) is 0 Å². The first-order valence-corrected chi connectivity index (χ1v) is 7.75. The van der Waals surface area contributed by atoms with Crippen LogP contribution >= 0.6 is 0 Å². The summed E-state index contributed by atoms with van der Waals surface area (Å²) in [5, 5.41) is 11.7. The molecule has 1 aliphatic rings. The number of hydrogen-bond acceptors (Lipinski definition) is 3. The maximum absolute atomic E-state index is 12.3. The van der Waals surface area contributed by atoms with Crippen molar-refractivity contribution in [2.24, 2.45) is 11.8 Å². The zero-order chi connectivity index (χ0) is 15.9. The van der Waals surface area contributed by atoms with E-state index in [0.29, 0.717) is 12.3 Å². The number of nitrogens with one attached hydrogen (secondary N) is 1. The first kappa shape index (κ1) is 16.5. The highest BCUT2D eigenvalue weighted by Gasteiger charge is 2.25. The van der Waals surface area contributed by atoms with Crippen LogP contribution in [0.15, 0.2) is 24.3 Å². The highest BCUT2D eigenvalue weighted by molar-refractivity contribution is 5.92. The molecule has 0 aromatic heterocycles. The maximum Gasteiger partial charge on any atom is 0.303 e. The standard InChI is InChI=1S/C17H23NO4/c1-12(14-7-9-22-10-8-14)17(21)18-15-4-2-3-13(11-15)5-6-16(19)20/h2-4,11-12,14H,5-10H2,1H3,(H,18,21)(H,19,20). The summed E-state index contributed by atoms with van der Waals surface area (Å²) in [6.07, 6.45) is 2.41. The zero-order valence-electron chi connectivity index (χ0n) is 12.9. The van der Waals surface area contributed by atoms with E-state index in [1.807, 2.05) is 31.2 Å². The fourth-order valence-corrected chi connectivity index (χ4v) is 2.74. The largest absolute Gasteiger partial charge is 0.481 e. The van der Waals surface area contributed by atoms with Gasteiger partial charge in [-0.05, 0) is 42.9 Å². The van der Waals surface area contributed by atoms with Crippen LogP contribution in [-0.4, -0.2) is 30.2 Å². The Labute approximate surface area is 130 Å². The van der Waals surface area contributed by atoms with Crippen LogP contribution in [0.5, 0.6) is 0 Å². The van der Waals surface area contributed by atoms with Crippen molar-refractivity contribution in [1.82, 2.24) is 0 Å². The summed E-state index contributed by atoms with van der Waals surface area (Å²) in [5.41, 5.74) is 1.64. The lowest BCUT2D eigenvalue weighted by Crippen LogP contribution is -2.30. The van der Waals surface area contributed by atoms with Gasteiger partial charge in [-0.3, -0.25) is 9.59 Å². The molecule has 22 heavy (non-hydrogen) atoms. The molecule has 1 unspecified atom stereocenters. The number of aliphatic carboxylic acids is 1. The Morgan fingerprint density at radius 3 is 2.77 bits per heavy atom. The smallest absolute Gasteiger partial charge is 0.303 e. The molecule has 1 aromatic rings. The number of hydrogen-bond donors (Lipinski definition) is 2. The van der Waals surface area contributed by atoms with Crippen LogP contribution in [0, 0.1) is 11.8 Å². The molecule has 2 N–H and O–H groups in total. The van der Waals surface area contributed by atoms with Gasteiger partial charge >= 0.3 is 5.97 Å². The van der Waals surface area contributed by atoms with Crippen LogP contribution in [0.3, 0.4) is 0 Å². The fraction of sp³-hybridized carbons (Fsp3) is 0.529. The normalized spacial score (nSPS) is 17.0. The molecule has 1 saturated heterocycles. The molecule has 0 saturated carbocycles. The number of carboxylic acid groups (broad SMARTS) is 1. The zero-order valence-corrected chi connectivity index (χ0v) is 12.9. The summed E-state index contributed by atoms with van der Waals surface area (Å²) in [4.78, 5) is 23.0. The molecule has 1 amide bonds. The monoisotopic (exact) mass is 305 g/mol. The van der Waals surface area contributed by atoms with Crippen molar-refractivity contribution in [3.05, 3.63) is 29.8 Å². The quantitative estimate of drug-likeness (QED) is 0.847. The molecular weight excluding hydrogens is 282 g/mol. The van der Waals surface area contributed by atoms with Gasteiger partial charge in [-0.1, -0.05) is 19.1 Å². The van der Waals surface area contributed by atoms with Crippen LogP contribution in [-0.2, 0) is 20.7 Å². The summed E-state index contributed by atoms with van der Waals surface area (Å²) < 4.78 is 5.33. The third-order valence-electron chi connectivity index (χ3n) is 4.21. The molecule has 0 aliphatic carbocycles.